The summed E-state index contributed by atoms with van der Waals surface area (Å²) in [6, 6.07) is 26.2. The van der Waals surface area contributed by atoms with Crippen LogP contribution in [0.4, 0.5) is 5.69 Å². The van der Waals surface area contributed by atoms with Gasteiger partial charge in [0.15, 0.2) is 0 Å². The number of carbonyl (C=O) groups excluding carboxylic acids is 1. The largest absolute Gasteiger partial charge is 0.378 e. The lowest BCUT2D eigenvalue weighted by molar-refractivity contribution is 0.0951. The zero-order valence-corrected chi connectivity index (χ0v) is 19.3. The number of anilines is 1. The molecule has 0 bridgehead atoms. The molecule has 0 aliphatic carbocycles. The van der Waals surface area contributed by atoms with Crippen molar-refractivity contribution in [1.29, 1.82) is 0 Å². The molecule has 0 radical (unpaired) electrons. The van der Waals surface area contributed by atoms with Gasteiger partial charge in [-0.05, 0) is 42.3 Å². The predicted octanol–water partition coefficient (Wildman–Crippen LogP) is 4.61. The van der Waals surface area contributed by atoms with Crippen LogP contribution < -0.4 is 10.2 Å². The van der Waals surface area contributed by atoms with Crippen LogP contribution in [0.2, 0.25) is 0 Å². The molecule has 0 saturated carbocycles. The van der Waals surface area contributed by atoms with Crippen molar-refractivity contribution in [3.05, 3.63) is 102 Å². The van der Waals surface area contributed by atoms with Crippen molar-refractivity contribution in [2.45, 2.75) is 13.5 Å². The van der Waals surface area contributed by atoms with Crippen molar-refractivity contribution in [2.75, 3.05) is 31.2 Å². The second-order valence-electron chi connectivity index (χ2n) is 8.43. The van der Waals surface area contributed by atoms with Gasteiger partial charge in [-0.3, -0.25) is 4.79 Å². The lowest BCUT2D eigenvalue weighted by Crippen LogP contribution is -2.36. The Labute approximate surface area is 199 Å². The number of para-hydroxylation sites is 1. The maximum Gasteiger partial charge on any atom is 0.255 e. The van der Waals surface area contributed by atoms with Crippen LogP contribution in [0.15, 0.2) is 85.1 Å². The molecule has 2 heterocycles. The summed E-state index contributed by atoms with van der Waals surface area (Å²) in [6.45, 7) is 5.82. The summed E-state index contributed by atoms with van der Waals surface area (Å²) >= 11 is 0. The van der Waals surface area contributed by atoms with Gasteiger partial charge in [0.25, 0.3) is 5.91 Å². The molecule has 1 aliphatic rings. The molecule has 0 atom stereocenters. The number of amides is 1. The minimum Gasteiger partial charge on any atom is -0.378 e. The highest BCUT2D eigenvalue weighted by Crippen LogP contribution is 2.27. The zero-order valence-electron chi connectivity index (χ0n) is 19.3. The Morgan fingerprint density at radius 1 is 0.912 bits per heavy atom. The van der Waals surface area contributed by atoms with Gasteiger partial charge in [0.2, 0.25) is 0 Å². The summed E-state index contributed by atoms with van der Waals surface area (Å²) in [7, 11) is 0. The first-order valence-corrected chi connectivity index (χ1v) is 11.6. The van der Waals surface area contributed by atoms with E-state index >= 15 is 0 Å². The molecular formula is C28H28N4O2. The number of benzene rings is 3. The maximum atomic E-state index is 13.3. The van der Waals surface area contributed by atoms with Crippen LogP contribution in [0, 0.1) is 6.92 Å². The number of rotatable bonds is 6. The van der Waals surface area contributed by atoms with E-state index in [2.05, 4.69) is 34.5 Å². The number of morpholine rings is 1. The van der Waals surface area contributed by atoms with Crippen LogP contribution in [-0.2, 0) is 11.3 Å². The van der Waals surface area contributed by atoms with Crippen LogP contribution >= 0.6 is 0 Å². The monoisotopic (exact) mass is 452 g/mol. The summed E-state index contributed by atoms with van der Waals surface area (Å²) in [5.41, 5.74) is 6.42. The third-order valence-electron chi connectivity index (χ3n) is 6.15. The molecule has 34 heavy (non-hydrogen) atoms. The van der Waals surface area contributed by atoms with Gasteiger partial charge in [-0.15, -0.1) is 0 Å². The van der Waals surface area contributed by atoms with Gasteiger partial charge in [-0.1, -0.05) is 54.6 Å². The topological polar surface area (TPSA) is 59.4 Å². The Morgan fingerprint density at radius 3 is 2.35 bits per heavy atom. The number of hydrogen-bond acceptors (Lipinski definition) is 4. The first-order chi connectivity index (χ1) is 16.7. The molecule has 1 fully saturated rings. The second kappa shape index (κ2) is 9.93. The van der Waals surface area contributed by atoms with E-state index in [1.807, 2.05) is 67.7 Å². The number of nitrogens with one attached hydrogen (secondary N) is 1. The van der Waals surface area contributed by atoms with Crippen molar-refractivity contribution in [2.24, 2.45) is 0 Å². The Bertz CT molecular complexity index is 1260. The van der Waals surface area contributed by atoms with Crippen molar-refractivity contribution < 1.29 is 9.53 Å². The molecule has 3 aromatic carbocycles. The van der Waals surface area contributed by atoms with Gasteiger partial charge in [0, 0.05) is 37.1 Å². The van der Waals surface area contributed by atoms with Crippen molar-refractivity contribution in [1.82, 2.24) is 15.1 Å². The summed E-state index contributed by atoms with van der Waals surface area (Å²) in [4.78, 5) is 15.6. The zero-order chi connectivity index (χ0) is 23.3. The number of aromatic nitrogens is 2. The first kappa shape index (κ1) is 21.9. The molecule has 1 aromatic heterocycles. The molecular weight excluding hydrogens is 424 g/mol. The second-order valence-corrected chi connectivity index (χ2v) is 8.43. The molecule has 5 rings (SSSR count). The molecule has 1 saturated heterocycles. The lowest BCUT2D eigenvalue weighted by atomic mass is 10.0. The van der Waals surface area contributed by atoms with Crippen LogP contribution in [0.1, 0.15) is 21.5 Å². The number of nitrogens with zero attached hydrogens (tertiary/aromatic N) is 3. The maximum absolute atomic E-state index is 13.3. The van der Waals surface area contributed by atoms with Crippen LogP contribution in [0.5, 0.6) is 0 Å². The highest BCUT2D eigenvalue weighted by atomic mass is 16.5. The van der Waals surface area contributed by atoms with Gasteiger partial charge >= 0.3 is 0 Å². The normalized spacial score (nSPS) is 13.6. The van der Waals surface area contributed by atoms with Crippen molar-refractivity contribution in [3.8, 4) is 16.9 Å². The van der Waals surface area contributed by atoms with Gasteiger partial charge < -0.3 is 15.0 Å². The van der Waals surface area contributed by atoms with Gasteiger partial charge in [0.1, 0.15) is 5.69 Å². The molecule has 1 aliphatic heterocycles. The average Bonchev–Trinajstić information content (AvgIpc) is 3.34. The molecule has 6 nitrogen and oxygen atoms in total. The fourth-order valence-corrected chi connectivity index (χ4v) is 4.21. The summed E-state index contributed by atoms with van der Waals surface area (Å²) in [5.74, 6) is -0.141. The van der Waals surface area contributed by atoms with Crippen molar-refractivity contribution in [3.63, 3.8) is 0 Å². The first-order valence-electron chi connectivity index (χ1n) is 11.6. The Morgan fingerprint density at radius 2 is 1.62 bits per heavy atom. The SMILES string of the molecule is Cc1ccccc1-c1nn(-c2ccccc2)cc1C(=O)NCc1ccc(N2CCOCC2)cc1. The minimum atomic E-state index is -0.141. The summed E-state index contributed by atoms with van der Waals surface area (Å²) in [5, 5.41) is 7.87. The Balaban J connectivity index is 1.36. The molecule has 6 heteroatoms. The van der Waals surface area contributed by atoms with E-state index in [9.17, 15) is 4.79 Å². The van der Waals surface area contributed by atoms with Crippen LogP contribution in [-0.4, -0.2) is 42.0 Å². The average molecular weight is 453 g/mol. The summed E-state index contributed by atoms with van der Waals surface area (Å²) in [6.07, 6.45) is 1.81. The number of carbonyl (C=O) groups is 1. The number of ether oxygens (including phenoxy) is 1. The van der Waals surface area contributed by atoms with E-state index in [-0.39, 0.29) is 5.91 Å². The highest BCUT2D eigenvalue weighted by molar-refractivity contribution is 6.00. The van der Waals surface area contributed by atoms with E-state index in [1.54, 1.807) is 4.68 Å². The Kier molecular flexibility index (Phi) is 6.40. The fraction of sp³-hybridized carbons (Fsp3) is 0.214. The lowest BCUT2D eigenvalue weighted by Gasteiger charge is -2.28. The quantitative estimate of drug-likeness (QED) is 0.464. The van der Waals surface area contributed by atoms with Crippen molar-refractivity contribution >= 4 is 11.6 Å². The molecule has 172 valence electrons. The van der Waals surface area contributed by atoms with Gasteiger partial charge in [-0.2, -0.15) is 5.10 Å². The number of aryl methyl sites for hydroxylation is 1. The fourth-order valence-electron chi connectivity index (χ4n) is 4.21. The van der Waals surface area contributed by atoms with E-state index in [0.717, 1.165) is 48.7 Å². The third-order valence-corrected chi connectivity index (χ3v) is 6.15. The van der Waals surface area contributed by atoms with Crippen LogP contribution in [0.25, 0.3) is 16.9 Å². The minimum absolute atomic E-state index is 0.141. The molecule has 1 N–H and O–H groups in total. The highest BCUT2D eigenvalue weighted by Gasteiger charge is 2.20. The predicted molar refractivity (Wildman–Crippen MR) is 134 cm³/mol. The van der Waals surface area contributed by atoms with E-state index < -0.39 is 0 Å². The Hall–Kier alpha value is -3.90. The molecule has 0 unspecified atom stereocenters. The summed E-state index contributed by atoms with van der Waals surface area (Å²) < 4.78 is 7.21. The van der Waals surface area contributed by atoms with E-state index in [1.165, 1.54) is 5.69 Å². The van der Waals surface area contributed by atoms with E-state index in [0.29, 0.717) is 17.8 Å². The molecule has 4 aromatic rings. The smallest absolute Gasteiger partial charge is 0.255 e. The molecule has 0 spiro atoms. The molecule has 1 amide bonds. The standard InChI is InChI=1S/C28H28N4O2/c1-21-7-5-6-10-25(21)27-26(20-32(30-27)24-8-3-2-4-9-24)28(33)29-19-22-11-13-23(14-12-22)31-15-17-34-18-16-31/h2-14,20H,15-19H2,1H3,(H,29,33). The van der Waals surface area contributed by atoms with Gasteiger partial charge in [0.05, 0.1) is 24.5 Å². The number of hydrogen-bond donors (Lipinski definition) is 1. The van der Waals surface area contributed by atoms with Gasteiger partial charge in [-0.25, -0.2) is 4.68 Å². The third kappa shape index (κ3) is 4.72. The van der Waals surface area contributed by atoms with E-state index in [4.69, 9.17) is 9.84 Å². The van der Waals surface area contributed by atoms with Crippen LogP contribution in [0.3, 0.4) is 0 Å².